The lowest BCUT2D eigenvalue weighted by Crippen LogP contribution is -2.39. The van der Waals surface area contributed by atoms with Crippen molar-refractivity contribution >= 4 is 21.4 Å². The number of para-hydroxylation sites is 1. The summed E-state index contributed by atoms with van der Waals surface area (Å²) in [7, 11) is -3.26. The highest BCUT2D eigenvalue weighted by molar-refractivity contribution is 7.90. The Morgan fingerprint density at radius 3 is 2.12 bits per heavy atom. The van der Waals surface area contributed by atoms with Gasteiger partial charge in [0.1, 0.15) is 0 Å². The fraction of sp³-hybridized carbons (Fsp3) is 0.316. The van der Waals surface area contributed by atoms with Crippen LogP contribution in [0.3, 0.4) is 0 Å². The molecule has 0 bridgehead atoms. The highest BCUT2D eigenvalue weighted by Crippen LogP contribution is 2.13. The Kier molecular flexibility index (Phi) is 6.20. The lowest BCUT2D eigenvalue weighted by molar-refractivity contribution is 0.0950. The van der Waals surface area contributed by atoms with Gasteiger partial charge in [-0.25, -0.2) is 8.42 Å². The Balaban J connectivity index is 1.99. The second-order valence-corrected chi connectivity index (χ2v) is 8.38. The van der Waals surface area contributed by atoms with Crippen molar-refractivity contribution in [3.63, 3.8) is 0 Å². The zero-order valence-corrected chi connectivity index (χ0v) is 15.5. The van der Waals surface area contributed by atoms with Gasteiger partial charge in [-0.1, -0.05) is 32.0 Å². The van der Waals surface area contributed by atoms with Crippen LogP contribution in [0.25, 0.3) is 0 Å². The summed E-state index contributed by atoms with van der Waals surface area (Å²) in [4.78, 5) is 12.5. The molecule has 2 rings (SSSR count). The number of hydrogen-bond acceptors (Lipinski definition) is 4. The first-order valence-electron chi connectivity index (χ1n) is 8.17. The molecule has 2 aromatic rings. The van der Waals surface area contributed by atoms with Gasteiger partial charge in [0.15, 0.2) is 9.84 Å². The molecular formula is C19H24N2O3S. The summed E-state index contributed by atoms with van der Waals surface area (Å²) < 4.78 is 22.9. The van der Waals surface area contributed by atoms with E-state index in [1.807, 2.05) is 30.3 Å². The molecule has 2 N–H and O–H groups in total. The van der Waals surface area contributed by atoms with E-state index in [2.05, 4.69) is 24.5 Å². The van der Waals surface area contributed by atoms with E-state index in [4.69, 9.17) is 0 Å². The van der Waals surface area contributed by atoms with Gasteiger partial charge in [0.05, 0.1) is 4.90 Å². The fourth-order valence-electron chi connectivity index (χ4n) is 2.36. The predicted molar refractivity (Wildman–Crippen MR) is 101 cm³/mol. The van der Waals surface area contributed by atoms with Crippen LogP contribution in [-0.4, -0.2) is 33.2 Å². The average molecular weight is 360 g/mol. The molecule has 0 aromatic heterocycles. The van der Waals surface area contributed by atoms with Crippen molar-refractivity contribution in [2.45, 2.75) is 24.8 Å². The molecule has 25 heavy (non-hydrogen) atoms. The number of amides is 1. The third-order valence-electron chi connectivity index (χ3n) is 3.96. The van der Waals surface area contributed by atoms with Gasteiger partial charge in [-0.15, -0.1) is 0 Å². The van der Waals surface area contributed by atoms with Crippen molar-refractivity contribution in [1.82, 2.24) is 5.32 Å². The molecule has 2 aromatic carbocycles. The lowest BCUT2D eigenvalue weighted by atomic mass is 10.0. The number of nitrogens with one attached hydrogen (secondary N) is 2. The molecule has 0 fully saturated rings. The zero-order valence-electron chi connectivity index (χ0n) is 14.7. The Bertz CT molecular complexity index is 800. The number of rotatable bonds is 7. The van der Waals surface area contributed by atoms with Gasteiger partial charge in [0.2, 0.25) is 0 Å². The van der Waals surface area contributed by atoms with Crippen molar-refractivity contribution < 1.29 is 13.2 Å². The normalized spacial score (nSPS) is 12.6. The Labute approximate surface area is 149 Å². The van der Waals surface area contributed by atoms with E-state index in [-0.39, 0.29) is 16.8 Å². The SMILES string of the molecule is CC(C)C(CNC(=O)c1ccc(S(C)(=O)=O)cc1)Nc1ccccc1. The lowest BCUT2D eigenvalue weighted by Gasteiger charge is -2.24. The van der Waals surface area contributed by atoms with Crippen molar-refractivity contribution in [2.24, 2.45) is 5.92 Å². The summed E-state index contributed by atoms with van der Waals surface area (Å²) in [6.07, 6.45) is 1.14. The van der Waals surface area contributed by atoms with E-state index in [9.17, 15) is 13.2 Å². The van der Waals surface area contributed by atoms with E-state index in [0.717, 1.165) is 11.9 Å². The Morgan fingerprint density at radius 2 is 1.60 bits per heavy atom. The number of benzene rings is 2. The minimum atomic E-state index is -3.26. The summed E-state index contributed by atoms with van der Waals surface area (Å²) in [6.45, 7) is 4.65. The van der Waals surface area contributed by atoms with Crippen molar-refractivity contribution in [1.29, 1.82) is 0 Å². The topological polar surface area (TPSA) is 75.3 Å². The van der Waals surface area contributed by atoms with Crippen LogP contribution in [0.4, 0.5) is 5.69 Å². The zero-order chi connectivity index (χ0) is 18.4. The number of carbonyl (C=O) groups is 1. The number of sulfone groups is 1. The third-order valence-corrected chi connectivity index (χ3v) is 5.09. The Morgan fingerprint density at radius 1 is 1.00 bits per heavy atom. The molecule has 1 unspecified atom stereocenters. The van der Waals surface area contributed by atoms with Crippen LogP contribution in [0.2, 0.25) is 0 Å². The second kappa shape index (κ2) is 8.16. The molecule has 134 valence electrons. The van der Waals surface area contributed by atoms with E-state index in [1.54, 1.807) is 0 Å². The Hall–Kier alpha value is -2.34. The van der Waals surface area contributed by atoms with E-state index < -0.39 is 9.84 Å². The van der Waals surface area contributed by atoms with Crippen LogP contribution in [0.5, 0.6) is 0 Å². The number of anilines is 1. The molecule has 0 aliphatic heterocycles. The highest BCUT2D eigenvalue weighted by Gasteiger charge is 2.15. The standard InChI is InChI=1S/C19H24N2O3S/c1-14(2)18(21-16-7-5-4-6-8-16)13-20-19(22)15-9-11-17(12-10-15)25(3,23)24/h4-12,14,18,21H,13H2,1-3H3,(H,20,22). The molecule has 0 aliphatic rings. The summed E-state index contributed by atoms with van der Waals surface area (Å²) in [5.41, 5.74) is 1.45. The molecule has 0 saturated carbocycles. The van der Waals surface area contributed by atoms with Crippen molar-refractivity contribution in [3.05, 3.63) is 60.2 Å². The largest absolute Gasteiger partial charge is 0.380 e. The first-order valence-corrected chi connectivity index (χ1v) is 10.1. The number of carbonyl (C=O) groups excluding carboxylic acids is 1. The molecule has 6 heteroatoms. The second-order valence-electron chi connectivity index (χ2n) is 6.37. The third kappa shape index (κ3) is 5.60. The molecule has 0 aliphatic carbocycles. The smallest absolute Gasteiger partial charge is 0.251 e. The maximum atomic E-state index is 12.3. The maximum absolute atomic E-state index is 12.3. The molecule has 0 radical (unpaired) electrons. The molecular weight excluding hydrogens is 336 g/mol. The van der Waals surface area contributed by atoms with Gasteiger partial charge >= 0.3 is 0 Å². The van der Waals surface area contributed by atoms with Gasteiger partial charge in [0, 0.05) is 30.1 Å². The van der Waals surface area contributed by atoms with Crippen molar-refractivity contribution in [2.75, 3.05) is 18.1 Å². The van der Waals surface area contributed by atoms with Gasteiger partial charge < -0.3 is 10.6 Å². The van der Waals surface area contributed by atoms with Crippen LogP contribution >= 0.6 is 0 Å². The van der Waals surface area contributed by atoms with Crippen LogP contribution < -0.4 is 10.6 Å². The highest BCUT2D eigenvalue weighted by atomic mass is 32.2. The fourth-order valence-corrected chi connectivity index (χ4v) is 2.99. The van der Waals surface area contributed by atoms with Gasteiger partial charge in [-0.3, -0.25) is 4.79 Å². The van der Waals surface area contributed by atoms with E-state index in [1.165, 1.54) is 24.3 Å². The van der Waals surface area contributed by atoms with Crippen LogP contribution in [-0.2, 0) is 9.84 Å². The summed E-state index contributed by atoms with van der Waals surface area (Å²) in [5, 5.41) is 6.33. The molecule has 1 amide bonds. The number of hydrogen-bond donors (Lipinski definition) is 2. The summed E-state index contributed by atoms with van der Waals surface area (Å²) in [5.74, 6) is 0.105. The first kappa shape index (κ1) is 19.0. The monoisotopic (exact) mass is 360 g/mol. The molecule has 0 spiro atoms. The summed E-state index contributed by atoms with van der Waals surface area (Å²) in [6, 6.07) is 15.9. The van der Waals surface area contributed by atoms with Crippen molar-refractivity contribution in [3.8, 4) is 0 Å². The molecule has 0 saturated heterocycles. The van der Waals surface area contributed by atoms with Gasteiger partial charge in [-0.05, 0) is 42.3 Å². The minimum absolute atomic E-state index is 0.0849. The van der Waals surface area contributed by atoms with Crippen LogP contribution in [0.1, 0.15) is 24.2 Å². The molecule has 1 atom stereocenters. The molecule has 0 heterocycles. The average Bonchev–Trinajstić information content (AvgIpc) is 2.58. The maximum Gasteiger partial charge on any atom is 0.251 e. The molecule has 5 nitrogen and oxygen atoms in total. The predicted octanol–water partition coefficient (Wildman–Crippen LogP) is 2.96. The summed E-state index contributed by atoms with van der Waals surface area (Å²) >= 11 is 0. The van der Waals surface area contributed by atoms with Crippen LogP contribution in [0, 0.1) is 5.92 Å². The van der Waals surface area contributed by atoms with E-state index >= 15 is 0 Å². The van der Waals surface area contributed by atoms with E-state index in [0.29, 0.717) is 18.0 Å². The first-order chi connectivity index (χ1) is 11.8. The van der Waals surface area contributed by atoms with Gasteiger partial charge in [0.25, 0.3) is 5.91 Å². The van der Waals surface area contributed by atoms with Crippen LogP contribution in [0.15, 0.2) is 59.5 Å². The minimum Gasteiger partial charge on any atom is -0.380 e. The quantitative estimate of drug-likeness (QED) is 0.796. The van der Waals surface area contributed by atoms with Gasteiger partial charge in [-0.2, -0.15) is 0 Å².